The van der Waals surface area contributed by atoms with Gasteiger partial charge in [0.1, 0.15) is 0 Å². The first-order valence-electron chi connectivity index (χ1n) is 5.53. The molecule has 1 aromatic rings. The van der Waals surface area contributed by atoms with Gasteiger partial charge in [-0.2, -0.15) is 0 Å². The molecule has 0 spiro atoms. The summed E-state index contributed by atoms with van der Waals surface area (Å²) in [6.07, 6.45) is 1.63. The highest BCUT2D eigenvalue weighted by Gasteiger charge is 2.24. The van der Waals surface area contributed by atoms with Crippen LogP contribution in [0.3, 0.4) is 0 Å². The lowest BCUT2D eigenvalue weighted by atomic mass is 9.98. The van der Waals surface area contributed by atoms with Crippen molar-refractivity contribution in [2.75, 3.05) is 14.2 Å². The van der Waals surface area contributed by atoms with Gasteiger partial charge in [-0.25, -0.2) is 4.79 Å². The zero-order valence-electron chi connectivity index (χ0n) is 10.7. The van der Waals surface area contributed by atoms with Crippen LogP contribution in [-0.2, 0) is 19.1 Å². The van der Waals surface area contributed by atoms with Crippen LogP contribution >= 0.6 is 0 Å². The molecule has 1 atom stereocenters. The van der Waals surface area contributed by atoms with Crippen LogP contribution in [0.1, 0.15) is 12.5 Å². The standard InChI is InChI=1S/C14H16O4/c1-10(13(15)17-2)12(14(16)18-3)9-11-7-5-4-6-8-11/h4-10H,1-3H3. The van der Waals surface area contributed by atoms with Crippen molar-refractivity contribution >= 4 is 18.0 Å². The second kappa shape index (κ2) is 6.59. The van der Waals surface area contributed by atoms with E-state index in [-0.39, 0.29) is 5.57 Å². The molecule has 18 heavy (non-hydrogen) atoms. The van der Waals surface area contributed by atoms with Gasteiger partial charge in [-0.15, -0.1) is 0 Å². The molecular formula is C14H16O4. The number of hydrogen-bond donors (Lipinski definition) is 0. The van der Waals surface area contributed by atoms with E-state index in [1.807, 2.05) is 30.3 Å². The summed E-state index contributed by atoms with van der Waals surface area (Å²) >= 11 is 0. The van der Waals surface area contributed by atoms with E-state index >= 15 is 0 Å². The average Bonchev–Trinajstić information content (AvgIpc) is 2.43. The number of esters is 2. The Kier molecular flexibility index (Phi) is 5.11. The first-order valence-corrected chi connectivity index (χ1v) is 5.53. The van der Waals surface area contributed by atoms with Crippen molar-refractivity contribution in [3.05, 3.63) is 41.5 Å². The molecule has 0 aliphatic carbocycles. The number of ether oxygens (including phenoxy) is 2. The second-order valence-corrected chi connectivity index (χ2v) is 3.75. The summed E-state index contributed by atoms with van der Waals surface area (Å²) in [4.78, 5) is 23.2. The van der Waals surface area contributed by atoms with Gasteiger partial charge in [0.25, 0.3) is 0 Å². The van der Waals surface area contributed by atoms with Crippen molar-refractivity contribution in [2.45, 2.75) is 6.92 Å². The Morgan fingerprint density at radius 1 is 1.11 bits per heavy atom. The minimum absolute atomic E-state index is 0.274. The predicted molar refractivity (Wildman–Crippen MR) is 67.6 cm³/mol. The van der Waals surface area contributed by atoms with Crippen molar-refractivity contribution < 1.29 is 19.1 Å². The second-order valence-electron chi connectivity index (χ2n) is 3.75. The largest absolute Gasteiger partial charge is 0.469 e. The SMILES string of the molecule is COC(=O)C(=Cc1ccccc1)C(C)C(=O)OC. The number of methoxy groups -OCH3 is 2. The van der Waals surface area contributed by atoms with E-state index in [9.17, 15) is 9.59 Å². The third kappa shape index (κ3) is 3.45. The zero-order chi connectivity index (χ0) is 13.5. The average molecular weight is 248 g/mol. The van der Waals surface area contributed by atoms with Crippen LogP contribution in [0.25, 0.3) is 6.08 Å². The summed E-state index contributed by atoms with van der Waals surface area (Å²) < 4.78 is 9.32. The zero-order valence-corrected chi connectivity index (χ0v) is 10.7. The molecule has 4 heteroatoms. The van der Waals surface area contributed by atoms with Gasteiger partial charge in [0.05, 0.1) is 25.7 Å². The quantitative estimate of drug-likeness (QED) is 0.604. The maximum absolute atomic E-state index is 11.7. The first-order chi connectivity index (χ1) is 8.60. The summed E-state index contributed by atoms with van der Waals surface area (Å²) in [7, 11) is 2.57. The lowest BCUT2D eigenvalue weighted by Gasteiger charge is -2.12. The van der Waals surface area contributed by atoms with Gasteiger partial charge in [-0.3, -0.25) is 4.79 Å². The van der Waals surface area contributed by atoms with Gasteiger partial charge >= 0.3 is 11.9 Å². The highest BCUT2D eigenvalue weighted by Crippen LogP contribution is 2.18. The van der Waals surface area contributed by atoms with E-state index in [0.717, 1.165) is 5.56 Å². The third-order valence-electron chi connectivity index (χ3n) is 2.56. The van der Waals surface area contributed by atoms with E-state index in [0.29, 0.717) is 0 Å². The molecule has 0 amide bonds. The fraction of sp³-hybridized carbons (Fsp3) is 0.286. The lowest BCUT2D eigenvalue weighted by Crippen LogP contribution is -2.21. The van der Waals surface area contributed by atoms with Gasteiger partial charge in [0, 0.05) is 0 Å². The molecule has 0 heterocycles. The lowest BCUT2D eigenvalue weighted by molar-refractivity contribution is -0.146. The molecule has 96 valence electrons. The minimum atomic E-state index is -0.664. The maximum Gasteiger partial charge on any atom is 0.334 e. The fourth-order valence-corrected chi connectivity index (χ4v) is 1.51. The molecule has 0 aliphatic rings. The van der Waals surface area contributed by atoms with E-state index in [4.69, 9.17) is 0 Å². The molecule has 0 bridgehead atoms. The van der Waals surface area contributed by atoms with Crippen LogP contribution in [0, 0.1) is 5.92 Å². The number of carbonyl (C=O) groups is 2. The van der Waals surface area contributed by atoms with E-state index < -0.39 is 17.9 Å². The van der Waals surface area contributed by atoms with Crippen LogP contribution < -0.4 is 0 Å². The van der Waals surface area contributed by atoms with Crippen molar-refractivity contribution in [1.82, 2.24) is 0 Å². The van der Waals surface area contributed by atoms with Crippen LogP contribution in [0.5, 0.6) is 0 Å². The van der Waals surface area contributed by atoms with E-state index in [1.165, 1.54) is 14.2 Å². The van der Waals surface area contributed by atoms with Gasteiger partial charge in [0.2, 0.25) is 0 Å². The van der Waals surface area contributed by atoms with Crippen LogP contribution in [0.4, 0.5) is 0 Å². The minimum Gasteiger partial charge on any atom is -0.469 e. The fourth-order valence-electron chi connectivity index (χ4n) is 1.51. The highest BCUT2D eigenvalue weighted by molar-refractivity contribution is 5.99. The van der Waals surface area contributed by atoms with E-state index in [2.05, 4.69) is 9.47 Å². The van der Waals surface area contributed by atoms with Crippen molar-refractivity contribution in [3.8, 4) is 0 Å². The van der Waals surface area contributed by atoms with Gasteiger partial charge in [0.15, 0.2) is 0 Å². The molecule has 0 N–H and O–H groups in total. The summed E-state index contributed by atoms with van der Waals surface area (Å²) in [5.41, 5.74) is 1.10. The molecular weight excluding hydrogens is 232 g/mol. The predicted octanol–water partition coefficient (Wildman–Crippen LogP) is 2.05. The molecule has 4 nitrogen and oxygen atoms in total. The van der Waals surface area contributed by atoms with Gasteiger partial charge in [-0.1, -0.05) is 30.3 Å². The number of rotatable bonds is 4. The van der Waals surface area contributed by atoms with Crippen molar-refractivity contribution in [2.24, 2.45) is 5.92 Å². The highest BCUT2D eigenvalue weighted by atomic mass is 16.5. The molecule has 0 saturated heterocycles. The Labute approximate surface area is 106 Å². The van der Waals surface area contributed by atoms with Crippen molar-refractivity contribution in [1.29, 1.82) is 0 Å². The molecule has 1 aromatic carbocycles. The van der Waals surface area contributed by atoms with Gasteiger partial charge in [-0.05, 0) is 18.6 Å². The molecule has 0 fully saturated rings. The Bertz CT molecular complexity index is 448. The summed E-state index contributed by atoms with van der Waals surface area (Å²) in [5.74, 6) is -1.66. The van der Waals surface area contributed by atoms with E-state index in [1.54, 1.807) is 13.0 Å². The number of benzene rings is 1. The van der Waals surface area contributed by atoms with Crippen LogP contribution in [-0.4, -0.2) is 26.2 Å². The monoisotopic (exact) mass is 248 g/mol. The van der Waals surface area contributed by atoms with Crippen LogP contribution in [0.2, 0.25) is 0 Å². The topological polar surface area (TPSA) is 52.6 Å². The Morgan fingerprint density at radius 3 is 2.22 bits per heavy atom. The maximum atomic E-state index is 11.7. The molecule has 1 unspecified atom stereocenters. The Morgan fingerprint density at radius 2 is 1.72 bits per heavy atom. The first kappa shape index (κ1) is 14.0. The summed E-state index contributed by atoms with van der Waals surface area (Å²) in [5, 5.41) is 0. The molecule has 0 radical (unpaired) electrons. The molecule has 0 aliphatic heterocycles. The summed E-state index contributed by atoms with van der Waals surface area (Å²) in [6.45, 7) is 1.61. The third-order valence-corrected chi connectivity index (χ3v) is 2.56. The molecule has 0 aromatic heterocycles. The number of hydrogen-bond acceptors (Lipinski definition) is 4. The Balaban J connectivity index is 3.10. The summed E-state index contributed by atoms with van der Waals surface area (Å²) in [6, 6.07) is 9.26. The number of carbonyl (C=O) groups excluding carboxylic acids is 2. The van der Waals surface area contributed by atoms with Crippen LogP contribution in [0.15, 0.2) is 35.9 Å². The van der Waals surface area contributed by atoms with Gasteiger partial charge < -0.3 is 9.47 Å². The molecule has 0 saturated carbocycles. The van der Waals surface area contributed by atoms with Crippen molar-refractivity contribution in [3.63, 3.8) is 0 Å². The normalized spacial score (nSPS) is 12.7. The Hall–Kier alpha value is -2.10. The molecule has 1 rings (SSSR count). The smallest absolute Gasteiger partial charge is 0.334 e.